The molecule has 2 heterocycles. The lowest BCUT2D eigenvalue weighted by molar-refractivity contribution is -0.119. The average Bonchev–Trinajstić information content (AvgIpc) is 2.83. The van der Waals surface area contributed by atoms with Gasteiger partial charge in [-0.15, -0.1) is 0 Å². The van der Waals surface area contributed by atoms with Gasteiger partial charge in [-0.05, 0) is 38.8 Å². The van der Waals surface area contributed by atoms with E-state index < -0.39 is 0 Å². The summed E-state index contributed by atoms with van der Waals surface area (Å²) in [6, 6.07) is 1.99. The summed E-state index contributed by atoms with van der Waals surface area (Å²) in [5, 5.41) is 0. The third-order valence-electron chi connectivity index (χ3n) is 3.60. The van der Waals surface area contributed by atoms with Crippen molar-refractivity contribution < 1.29 is 9.59 Å². The molecule has 4 N–H and O–H groups in total. The number of nitrogens with two attached hydrogens (primary N) is 2. The SMILES string of the molecule is Cc1nc(CCC(N)=O)cc([C@H]2CCCN2CC(N)=O)n1. The fraction of sp³-hybridized carbons (Fsp3) is 0.571. The molecule has 0 spiro atoms. The molecule has 0 aliphatic carbocycles. The topological polar surface area (TPSA) is 115 Å². The lowest BCUT2D eigenvalue weighted by Gasteiger charge is -2.23. The molecule has 1 fully saturated rings. The zero-order chi connectivity index (χ0) is 15.4. The average molecular weight is 291 g/mol. The van der Waals surface area contributed by atoms with Crippen molar-refractivity contribution in [3.8, 4) is 0 Å². The Morgan fingerprint density at radius 3 is 2.76 bits per heavy atom. The Morgan fingerprint density at radius 2 is 2.10 bits per heavy atom. The lowest BCUT2D eigenvalue weighted by atomic mass is 10.1. The number of aromatic nitrogens is 2. The monoisotopic (exact) mass is 291 g/mol. The number of carbonyl (C=O) groups is 2. The third-order valence-corrected chi connectivity index (χ3v) is 3.60. The first kappa shape index (κ1) is 15.4. The second-order valence-corrected chi connectivity index (χ2v) is 5.39. The molecule has 114 valence electrons. The summed E-state index contributed by atoms with van der Waals surface area (Å²) in [6.45, 7) is 2.91. The zero-order valence-corrected chi connectivity index (χ0v) is 12.2. The number of hydrogen-bond acceptors (Lipinski definition) is 5. The van der Waals surface area contributed by atoms with Gasteiger partial charge >= 0.3 is 0 Å². The Morgan fingerprint density at radius 1 is 1.33 bits per heavy atom. The molecule has 0 bridgehead atoms. The van der Waals surface area contributed by atoms with Gasteiger partial charge < -0.3 is 11.5 Å². The molecule has 0 saturated carbocycles. The van der Waals surface area contributed by atoms with Crippen LogP contribution in [0, 0.1) is 6.92 Å². The van der Waals surface area contributed by atoms with E-state index in [4.69, 9.17) is 11.5 Å². The Balaban J connectivity index is 2.18. The first-order chi connectivity index (χ1) is 9.95. The van der Waals surface area contributed by atoms with Crippen molar-refractivity contribution >= 4 is 11.8 Å². The number of aryl methyl sites for hydroxylation is 2. The maximum Gasteiger partial charge on any atom is 0.231 e. The van der Waals surface area contributed by atoms with Crippen LogP contribution < -0.4 is 11.5 Å². The molecule has 0 unspecified atom stereocenters. The fourth-order valence-electron chi connectivity index (χ4n) is 2.76. The van der Waals surface area contributed by atoms with Crippen molar-refractivity contribution in [3.63, 3.8) is 0 Å². The van der Waals surface area contributed by atoms with E-state index in [9.17, 15) is 9.59 Å². The number of carbonyl (C=O) groups excluding carboxylic acids is 2. The number of primary amides is 2. The molecule has 1 saturated heterocycles. The Labute approximate surface area is 123 Å². The normalized spacial score (nSPS) is 18.8. The highest BCUT2D eigenvalue weighted by Gasteiger charge is 2.28. The van der Waals surface area contributed by atoms with Gasteiger partial charge in [-0.3, -0.25) is 14.5 Å². The van der Waals surface area contributed by atoms with Crippen LogP contribution in [0.15, 0.2) is 6.07 Å². The van der Waals surface area contributed by atoms with Gasteiger partial charge in [0.25, 0.3) is 0 Å². The standard InChI is InChI=1S/C14H21N5O2/c1-9-17-10(4-5-13(15)20)7-11(18-9)12-3-2-6-19(12)8-14(16)21/h7,12H,2-6,8H2,1H3,(H2,15,20)(H2,16,21)/t12-/m1/s1. The van der Waals surface area contributed by atoms with Crippen LogP contribution in [0.4, 0.5) is 0 Å². The molecule has 21 heavy (non-hydrogen) atoms. The fourth-order valence-corrected chi connectivity index (χ4v) is 2.76. The summed E-state index contributed by atoms with van der Waals surface area (Å²) >= 11 is 0. The van der Waals surface area contributed by atoms with E-state index in [1.807, 2.05) is 17.9 Å². The van der Waals surface area contributed by atoms with Gasteiger partial charge in [0.05, 0.1) is 18.3 Å². The molecule has 1 aliphatic heterocycles. The van der Waals surface area contributed by atoms with Crippen molar-refractivity contribution in [2.45, 2.75) is 38.6 Å². The Hall–Kier alpha value is -2.02. The van der Waals surface area contributed by atoms with Crippen molar-refractivity contribution in [3.05, 3.63) is 23.3 Å². The van der Waals surface area contributed by atoms with Crippen LogP contribution in [-0.4, -0.2) is 39.8 Å². The second kappa shape index (κ2) is 6.62. The van der Waals surface area contributed by atoms with Crippen LogP contribution in [0.25, 0.3) is 0 Å². The van der Waals surface area contributed by atoms with Gasteiger partial charge in [0.2, 0.25) is 11.8 Å². The second-order valence-electron chi connectivity index (χ2n) is 5.39. The number of amides is 2. The molecular weight excluding hydrogens is 270 g/mol. The van der Waals surface area contributed by atoms with Gasteiger partial charge in [0, 0.05) is 12.1 Å². The molecule has 1 atom stereocenters. The van der Waals surface area contributed by atoms with E-state index >= 15 is 0 Å². The van der Waals surface area contributed by atoms with E-state index in [2.05, 4.69) is 9.97 Å². The van der Waals surface area contributed by atoms with E-state index in [0.29, 0.717) is 12.2 Å². The highest BCUT2D eigenvalue weighted by molar-refractivity contribution is 5.76. The van der Waals surface area contributed by atoms with Crippen molar-refractivity contribution in [2.75, 3.05) is 13.1 Å². The molecule has 7 nitrogen and oxygen atoms in total. The Kier molecular flexibility index (Phi) is 4.85. The third kappa shape index (κ3) is 4.22. The maximum atomic E-state index is 11.1. The van der Waals surface area contributed by atoms with Crippen LogP contribution in [0.1, 0.15) is 42.5 Å². The number of hydrogen-bond donors (Lipinski definition) is 2. The summed E-state index contributed by atoms with van der Waals surface area (Å²) in [7, 11) is 0. The molecule has 0 aromatic carbocycles. The van der Waals surface area contributed by atoms with Crippen LogP contribution in [-0.2, 0) is 16.0 Å². The lowest BCUT2D eigenvalue weighted by Crippen LogP contribution is -2.33. The van der Waals surface area contributed by atoms with Crippen molar-refractivity contribution in [1.29, 1.82) is 0 Å². The smallest absolute Gasteiger partial charge is 0.231 e. The zero-order valence-electron chi connectivity index (χ0n) is 12.2. The molecule has 7 heteroatoms. The molecule has 1 aromatic heterocycles. The summed E-state index contributed by atoms with van der Waals surface area (Å²) in [5.74, 6) is -0.0106. The molecule has 2 amide bonds. The van der Waals surface area contributed by atoms with Gasteiger partial charge in [-0.25, -0.2) is 9.97 Å². The van der Waals surface area contributed by atoms with Gasteiger partial charge in [-0.1, -0.05) is 0 Å². The summed E-state index contributed by atoms with van der Waals surface area (Å²) in [6.07, 6.45) is 2.73. The molecule has 2 rings (SSSR count). The first-order valence-electron chi connectivity index (χ1n) is 7.11. The van der Waals surface area contributed by atoms with E-state index in [1.54, 1.807) is 0 Å². The molecule has 1 aromatic rings. The van der Waals surface area contributed by atoms with Crippen molar-refractivity contribution in [1.82, 2.24) is 14.9 Å². The minimum atomic E-state index is -0.343. The van der Waals surface area contributed by atoms with Gasteiger partial charge in [0.15, 0.2) is 0 Å². The van der Waals surface area contributed by atoms with Crippen LogP contribution in [0.2, 0.25) is 0 Å². The largest absolute Gasteiger partial charge is 0.370 e. The molecule has 0 radical (unpaired) electrons. The van der Waals surface area contributed by atoms with Gasteiger partial charge in [-0.2, -0.15) is 0 Å². The van der Waals surface area contributed by atoms with Crippen LogP contribution >= 0.6 is 0 Å². The predicted octanol–water partition coefficient (Wildman–Crippen LogP) is -0.175. The van der Waals surface area contributed by atoms with Gasteiger partial charge in [0.1, 0.15) is 5.82 Å². The minimum Gasteiger partial charge on any atom is -0.370 e. The van der Waals surface area contributed by atoms with Crippen LogP contribution in [0.3, 0.4) is 0 Å². The molecular formula is C14H21N5O2. The van der Waals surface area contributed by atoms with E-state index in [0.717, 1.165) is 30.8 Å². The number of likely N-dealkylation sites (tertiary alicyclic amines) is 1. The Bertz CT molecular complexity index is 546. The van der Waals surface area contributed by atoms with E-state index in [-0.39, 0.29) is 30.8 Å². The molecule has 1 aliphatic rings. The minimum absolute atomic E-state index is 0.0894. The summed E-state index contributed by atoms with van der Waals surface area (Å²) in [4.78, 5) is 32.9. The number of rotatable bonds is 6. The van der Waals surface area contributed by atoms with Crippen molar-refractivity contribution in [2.24, 2.45) is 11.5 Å². The predicted molar refractivity (Wildman–Crippen MR) is 77.0 cm³/mol. The summed E-state index contributed by atoms with van der Waals surface area (Å²) in [5.41, 5.74) is 12.2. The van der Waals surface area contributed by atoms with E-state index in [1.165, 1.54) is 0 Å². The highest BCUT2D eigenvalue weighted by atomic mass is 16.1. The first-order valence-corrected chi connectivity index (χ1v) is 7.11. The summed E-state index contributed by atoms with van der Waals surface area (Å²) < 4.78 is 0. The van der Waals surface area contributed by atoms with Crippen LogP contribution in [0.5, 0.6) is 0 Å². The quantitative estimate of drug-likeness (QED) is 0.754. The number of nitrogens with zero attached hydrogens (tertiary/aromatic N) is 3. The maximum absolute atomic E-state index is 11.1. The highest BCUT2D eigenvalue weighted by Crippen LogP contribution is 2.30.